The van der Waals surface area contributed by atoms with Gasteiger partial charge in [0.05, 0.1) is 0 Å². The summed E-state index contributed by atoms with van der Waals surface area (Å²) in [7, 11) is -5.08. The Bertz CT molecular complexity index is 586. The monoisotopic (exact) mass is 579 g/mol. The van der Waals surface area contributed by atoms with Gasteiger partial charge in [0.1, 0.15) is 0 Å². The van der Waals surface area contributed by atoms with Crippen molar-refractivity contribution in [3.63, 3.8) is 0 Å². The lowest BCUT2D eigenvalue weighted by molar-refractivity contribution is 0.323. The third-order valence-corrected chi connectivity index (χ3v) is 23.3. The summed E-state index contributed by atoms with van der Waals surface area (Å²) in [5.74, 6) is 0. The summed E-state index contributed by atoms with van der Waals surface area (Å²) < 4.78 is 8.35. The summed E-state index contributed by atoms with van der Waals surface area (Å²) in [6.07, 6.45) is 20.3. The van der Waals surface area contributed by atoms with Crippen LogP contribution in [0.5, 0.6) is 0 Å². The molecule has 0 spiro atoms. The van der Waals surface area contributed by atoms with Crippen LogP contribution in [0.15, 0.2) is 24.6 Å². The van der Waals surface area contributed by atoms with Crippen LogP contribution in [-0.4, -0.2) is 16.6 Å². The molecule has 0 saturated carbocycles. The van der Waals surface area contributed by atoms with Crippen molar-refractivity contribution < 1.29 is 4.12 Å². The van der Waals surface area contributed by atoms with E-state index in [1.807, 2.05) is 0 Å². The largest absolute Gasteiger partial charge is 0.448 e. The van der Waals surface area contributed by atoms with E-state index < -0.39 is 16.6 Å². The van der Waals surface area contributed by atoms with E-state index in [4.69, 9.17) is 4.12 Å². The molecule has 0 N–H and O–H groups in total. The van der Waals surface area contributed by atoms with Crippen molar-refractivity contribution in [2.45, 2.75) is 206 Å². The van der Waals surface area contributed by atoms with Crippen molar-refractivity contribution in [1.82, 2.24) is 0 Å². The van der Waals surface area contributed by atoms with Crippen LogP contribution in [0.3, 0.4) is 0 Å². The fraction of sp³-hybridized carbons (Fsp3) is 0.889. The molecule has 0 radical (unpaired) electrons. The van der Waals surface area contributed by atoms with Crippen LogP contribution >= 0.6 is 0 Å². The predicted molar refractivity (Wildman–Crippen MR) is 186 cm³/mol. The van der Waals surface area contributed by atoms with Crippen LogP contribution in [0, 0.1) is 0 Å². The molecule has 0 rings (SSSR count). The topological polar surface area (TPSA) is 9.23 Å². The van der Waals surface area contributed by atoms with E-state index in [1.165, 1.54) is 103 Å². The van der Waals surface area contributed by atoms with E-state index >= 15 is 0 Å². The molecule has 0 atom stereocenters. The summed E-state index contributed by atoms with van der Waals surface area (Å²) in [6, 6.07) is 0. The molecule has 0 aliphatic heterocycles. The molecular formula is C36H74OSi2. The van der Waals surface area contributed by atoms with Gasteiger partial charge in [0.2, 0.25) is 16.6 Å². The fourth-order valence-electron chi connectivity index (χ4n) is 7.84. The second kappa shape index (κ2) is 17.1. The number of hydrogen-bond acceptors (Lipinski definition) is 1. The van der Waals surface area contributed by atoms with E-state index in [2.05, 4.69) is 108 Å². The van der Waals surface area contributed by atoms with Gasteiger partial charge in [0.15, 0.2) is 0 Å². The van der Waals surface area contributed by atoms with Crippen LogP contribution in [-0.2, 0) is 4.12 Å². The molecule has 0 aliphatic rings. The van der Waals surface area contributed by atoms with Crippen LogP contribution in [0.25, 0.3) is 0 Å². The molecule has 0 aromatic rings. The lowest BCUT2D eigenvalue weighted by atomic mass is 10.0. The Morgan fingerprint density at radius 1 is 0.436 bits per heavy atom. The van der Waals surface area contributed by atoms with Crippen LogP contribution < -0.4 is 0 Å². The van der Waals surface area contributed by atoms with E-state index in [1.54, 1.807) is 0 Å². The minimum absolute atomic E-state index is 0.111. The van der Waals surface area contributed by atoms with Gasteiger partial charge in [-0.3, -0.25) is 0 Å². The lowest BCUT2D eigenvalue weighted by Gasteiger charge is -2.62. The predicted octanol–water partition coefficient (Wildman–Crippen LogP) is 13.8. The van der Waals surface area contributed by atoms with Crippen molar-refractivity contribution in [1.29, 1.82) is 0 Å². The fourth-order valence-corrected chi connectivity index (χ4v) is 23.0. The second-order valence-corrected chi connectivity index (χ2v) is 25.3. The highest BCUT2D eigenvalue weighted by Crippen LogP contribution is 2.64. The summed E-state index contributed by atoms with van der Waals surface area (Å²) in [4.78, 5) is 0. The summed E-state index contributed by atoms with van der Waals surface area (Å²) in [5.41, 5.74) is 4.83. The average Bonchev–Trinajstić information content (AvgIpc) is 2.84. The van der Waals surface area contributed by atoms with E-state index in [0.29, 0.717) is 0 Å². The Morgan fingerprint density at radius 3 is 0.795 bits per heavy atom. The number of rotatable bonds is 24. The second-order valence-electron chi connectivity index (χ2n) is 15.3. The highest BCUT2D eigenvalue weighted by molar-refractivity contribution is 6.96. The van der Waals surface area contributed by atoms with Gasteiger partial charge in [0, 0.05) is 0 Å². The first kappa shape index (κ1) is 38.9. The molecule has 0 aliphatic carbocycles. The van der Waals surface area contributed by atoms with Crippen molar-refractivity contribution >= 4 is 16.6 Å². The van der Waals surface area contributed by atoms with Gasteiger partial charge in [-0.25, -0.2) is 0 Å². The maximum atomic E-state index is 8.35. The molecule has 0 aromatic heterocycles. The van der Waals surface area contributed by atoms with E-state index in [0.717, 1.165) is 0 Å². The zero-order valence-electron chi connectivity index (χ0n) is 29.3. The minimum atomic E-state index is -2.54. The molecule has 0 saturated heterocycles. The van der Waals surface area contributed by atoms with Crippen molar-refractivity contribution in [3.05, 3.63) is 24.6 Å². The van der Waals surface area contributed by atoms with Crippen LogP contribution in [0.4, 0.5) is 0 Å². The first-order valence-electron chi connectivity index (χ1n) is 17.0. The molecular weight excluding hydrogens is 505 g/mol. The number of unbranched alkanes of at least 4 members (excludes halogenated alkanes) is 8. The molecule has 0 aromatic carbocycles. The molecule has 0 fully saturated rings. The standard InChI is InChI=1S/C36H74OSi2/c1-15-21-25-29-33(7,8)38(19-5,34(9,10)30-26-22-16-2)37-39(20-6,35(11,12)31-27-23-17-3)36(13,14)32-28-24-18-4/h19-20H,5-6,15-18,21-32H2,1-4,7-14H3. The molecule has 3 heteroatoms. The molecule has 0 amide bonds. The van der Waals surface area contributed by atoms with Gasteiger partial charge < -0.3 is 4.12 Å². The Labute approximate surface area is 250 Å². The van der Waals surface area contributed by atoms with Gasteiger partial charge in [-0.1, -0.05) is 172 Å². The highest BCUT2D eigenvalue weighted by atomic mass is 28.4. The zero-order chi connectivity index (χ0) is 30.4. The quantitative estimate of drug-likeness (QED) is 0.0817. The van der Waals surface area contributed by atoms with Gasteiger partial charge in [0.25, 0.3) is 0 Å². The van der Waals surface area contributed by atoms with Crippen LogP contribution in [0.1, 0.15) is 186 Å². The molecule has 39 heavy (non-hydrogen) atoms. The third kappa shape index (κ3) is 9.44. The molecule has 0 unspecified atom stereocenters. The van der Waals surface area contributed by atoms with Gasteiger partial charge in [-0.2, -0.15) is 0 Å². The average molecular weight is 579 g/mol. The van der Waals surface area contributed by atoms with E-state index in [-0.39, 0.29) is 20.2 Å². The third-order valence-electron chi connectivity index (χ3n) is 10.5. The zero-order valence-corrected chi connectivity index (χ0v) is 31.3. The smallest absolute Gasteiger partial charge is 0.216 e. The maximum Gasteiger partial charge on any atom is 0.216 e. The van der Waals surface area contributed by atoms with Crippen LogP contribution in [0.2, 0.25) is 20.2 Å². The maximum absolute atomic E-state index is 8.35. The first-order valence-corrected chi connectivity index (χ1v) is 21.0. The minimum Gasteiger partial charge on any atom is -0.448 e. The van der Waals surface area contributed by atoms with Gasteiger partial charge in [-0.05, 0) is 45.8 Å². The summed E-state index contributed by atoms with van der Waals surface area (Å²) in [6.45, 7) is 39.1. The molecule has 0 heterocycles. The van der Waals surface area contributed by atoms with Crippen molar-refractivity contribution in [2.24, 2.45) is 0 Å². The Balaban J connectivity index is 7.26. The Kier molecular flexibility index (Phi) is 17.0. The Hall–Kier alpha value is -0.126. The van der Waals surface area contributed by atoms with Gasteiger partial charge in [-0.15, -0.1) is 13.2 Å². The summed E-state index contributed by atoms with van der Waals surface area (Å²) in [5, 5.41) is 0.444. The highest BCUT2D eigenvalue weighted by Gasteiger charge is 2.65. The van der Waals surface area contributed by atoms with Gasteiger partial charge >= 0.3 is 0 Å². The molecule has 0 bridgehead atoms. The SMILES string of the molecule is C=C[Si](O[Si](C=C)(C(C)(C)CCCCC)C(C)(C)CCCCC)(C(C)(C)CCCCC)C(C)(C)CCCCC. The van der Waals surface area contributed by atoms with Crippen molar-refractivity contribution in [2.75, 3.05) is 0 Å². The number of hydrogen-bond donors (Lipinski definition) is 0. The van der Waals surface area contributed by atoms with Crippen molar-refractivity contribution in [3.8, 4) is 0 Å². The van der Waals surface area contributed by atoms with E-state index in [9.17, 15) is 0 Å². The Morgan fingerprint density at radius 2 is 0.641 bits per heavy atom. The first-order chi connectivity index (χ1) is 18.1. The lowest BCUT2D eigenvalue weighted by Crippen LogP contribution is -2.67. The molecule has 232 valence electrons. The summed E-state index contributed by atoms with van der Waals surface area (Å²) >= 11 is 0. The molecule has 1 nitrogen and oxygen atoms in total. The normalized spacial score (nSPS) is 14.1.